The van der Waals surface area contributed by atoms with E-state index in [1.165, 1.54) is 0 Å². The van der Waals surface area contributed by atoms with Gasteiger partial charge in [0.05, 0.1) is 11.8 Å². The van der Waals surface area contributed by atoms with Gasteiger partial charge >= 0.3 is 0 Å². The smallest absolute Gasteiger partial charge is 0.136 e. The third kappa shape index (κ3) is 3.10. The summed E-state index contributed by atoms with van der Waals surface area (Å²) < 4.78 is 5.86. The van der Waals surface area contributed by atoms with Crippen LogP contribution in [0, 0.1) is 6.92 Å². The lowest BCUT2D eigenvalue weighted by Gasteiger charge is -2.15. The average Bonchev–Trinajstić information content (AvgIpc) is 2.42. The predicted octanol–water partition coefficient (Wildman–Crippen LogP) is 4.46. The van der Waals surface area contributed by atoms with Crippen LogP contribution in [-0.2, 0) is 6.42 Å². The Hall–Kier alpha value is -1.61. The number of hydrogen-bond donors (Lipinski definition) is 0. The van der Waals surface area contributed by atoms with Gasteiger partial charge in [0.1, 0.15) is 16.7 Å². The van der Waals surface area contributed by atoms with Crippen molar-refractivity contribution in [1.29, 1.82) is 0 Å². The van der Waals surface area contributed by atoms with E-state index < -0.39 is 0 Å². The summed E-state index contributed by atoms with van der Waals surface area (Å²) in [6.07, 6.45) is 0.861. The third-order valence-electron chi connectivity index (χ3n) is 2.95. The van der Waals surface area contributed by atoms with Gasteiger partial charge in [-0.2, -0.15) is 0 Å². The van der Waals surface area contributed by atoms with Gasteiger partial charge in [-0.3, -0.25) is 0 Å². The molecule has 0 aliphatic rings. The molecule has 0 bridgehead atoms. The van der Waals surface area contributed by atoms with Crippen molar-refractivity contribution in [3.05, 3.63) is 40.8 Å². The van der Waals surface area contributed by atoms with Crippen molar-refractivity contribution in [2.45, 2.75) is 40.2 Å². The summed E-state index contributed by atoms with van der Waals surface area (Å²) in [5.41, 5.74) is 2.68. The maximum absolute atomic E-state index is 6.21. The van der Waals surface area contributed by atoms with E-state index in [1.807, 2.05) is 52.0 Å². The zero-order valence-electron chi connectivity index (χ0n) is 12.3. The number of aromatic nitrogens is 2. The molecule has 0 fully saturated rings. The Morgan fingerprint density at radius 2 is 1.90 bits per heavy atom. The van der Waals surface area contributed by atoms with Gasteiger partial charge in [-0.15, -0.1) is 0 Å². The van der Waals surface area contributed by atoms with Crippen LogP contribution in [0.3, 0.4) is 0 Å². The molecule has 0 atom stereocenters. The Bertz CT molecular complexity index is 611. The highest BCUT2D eigenvalue weighted by Crippen LogP contribution is 2.33. The van der Waals surface area contributed by atoms with Gasteiger partial charge in [0.15, 0.2) is 0 Å². The van der Waals surface area contributed by atoms with Crippen LogP contribution >= 0.6 is 11.6 Å². The first kappa shape index (κ1) is 14.8. The fourth-order valence-corrected chi connectivity index (χ4v) is 2.16. The van der Waals surface area contributed by atoms with Gasteiger partial charge in [-0.1, -0.05) is 30.7 Å². The highest BCUT2D eigenvalue weighted by Gasteiger charge is 2.15. The molecule has 1 aromatic carbocycles. The molecule has 0 radical (unpaired) electrons. The molecule has 0 unspecified atom stereocenters. The number of benzene rings is 1. The van der Waals surface area contributed by atoms with E-state index in [-0.39, 0.29) is 6.10 Å². The highest BCUT2D eigenvalue weighted by atomic mass is 35.5. The van der Waals surface area contributed by atoms with Gasteiger partial charge in [-0.05, 0) is 32.9 Å². The Morgan fingerprint density at radius 1 is 1.20 bits per heavy atom. The molecule has 2 rings (SSSR count). The SMILES string of the molecule is CCc1nc(Cl)c(C)c(-c2ccccc2OC(C)C)n1. The first-order valence-electron chi connectivity index (χ1n) is 6.82. The molecule has 0 saturated heterocycles. The van der Waals surface area contributed by atoms with Crippen molar-refractivity contribution in [1.82, 2.24) is 9.97 Å². The molecule has 1 heterocycles. The summed E-state index contributed by atoms with van der Waals surface area (Å²) in [5, 5.41) is 0.506. The number of hydrogen-bond acceptors (Lipinski definition) is 3. The van der Waals surface area contributed by atoms with Gasteiger partial charge in [0.25, 0.3) is 0 Å². The number of halogens is 1. The normalized spacial score (nSPS) is 10.9. The van der Waals surface area contributed by atoms with E-state index >= 15 is 0 Å². The van der Waals surface area contributed by atoms with Crippen molar-refractivity contribution in [2.24, 2.45) is 0 Å². The summed E-state index contributed by atoms with van der Waals surface area (Å²) in [6, 6.07) is 7.89. The van der Waals surface area contributed by atoms with Gasteiger partial charge in [0.2, 0.25) is 0 Å². The second kappa shape index (κ2) is 6.23. The topological polar surface area (TPSA) is 35.0 Å². The summed E-state index contributed by atoms with van der Waals surface area (Å²) in [5.74, 6) is 1.57. The molecule has 0 aliphatic heterocycles. The maximum atomic E-state index is 6.21. The molecule has 1 aromatic heterocycles. The van der Waals surface area contributed by atoms with Crippen LogP contribution in [0.25, 0.3) is 11.3 Å². The van der Waals surface area contributed by atoms with E-state index in [9.17, 15) is 0 Å². The molecular weight excluding hydrogens is 272 g/mol. The fourth-order valence-electron chi connectivity index (χ4n) is 1.97. The van der Waals surface area contributed by atoms with E-state index in [1.54, 1.807) is 0 Å². The number of aryl methyl sites for hydroxylation is 1. The predicted molar refractivity (Wildman–Crippen MR) is 82.4 cm³/mol. The molecule has 3 nitrogen and oxygen atoms in total. The number of rotatable bonds is 4. The van der Waals surface area contributed by atoms with Crippen LogP contribution < -0.4 is 4.74 Å². The summed E-state index contributed by atoms with van der Waals surface area (Å²) in [7, 11) is 0. The van der Waals surface area contributed by atoms with Crippen molar-refractivity contribution >= 4 is 11.6 Å². The van der Waals surface area contributed by atoms with Crippen molar-refractivity contribution in [3.63, 3.8) is 0 Å². The van der Waals surface area contributed by atoms with E-state index in [2.05, 4.69) is 9.97 Å². The minimum Gasteiger partial charge on any atom is -0.490 e. The second-order valence-corrected chi connectivity index (χ2v) is 5.28. The minimum atomic E-state index is 0.111. The average molecular weight is 291 g/mol. The molecule has 0 aliphatic carbocycles. The zero-order valence-corrected chi connectivity index (χ0v) is 13.0. The Morgan fingerprint density at radius 3 is 2.55 bits per heavy atom. The first-order chi connectivity index (χ1) is 9.52. The second-order valence-electron chi connectivity index (χ2n) is 4.92. The van der Waals surface area contributed by atoms with E-state index in [0.29, 0.717) is 5.15 Å². The van der Waals surface area contributed by atoms with Crippen LogP contribution in [0.1, 0.15) is 32.2 Å². The third-order valence-corrected chi connectivity index (χ3v) is 3.32. The molecule has 0 amide bonds. The maximum Gasteiger partial charge on any atom is 0.136 e. The lowest BCUT2D eigenvalue weighted by molar-refractivity contribution is 0.243. The minimum absolute atomic E-state index is 0.111. The number of nitrogens with zero attached hydrogens (tertiary/aromatic N) is 2. The Balaban J connectivity index is 2.59. The summed E-state index contributed by atoms with van der Waals surface area (Å²) in [6.45, 7) is 7.96. The molecular formula is C16H19ClN2O. The van der Waals surface area contributed by atoms with Crippen LogP contribution in [-0.4, -0.2) is 16.1 Å². The number of para-hydroxylation sites is 1. The lowest BCUT2D eigenvalue weighted by atomic mass is 10.1. The fraction of sp³-hybridized carbons (Fsp3) is 0.375. The van der Waals surface area contributed by atoms with Crippen molar-refractivity contribution in [3.8, 4) is 17.0 Å². The largest absolute Gasteiger partial charge is 0.490 e. The molecule has 4 heteroatoms. The van der Waals surface area contributed by atoms with E-state index in [0.717, 1.165) is 34.8 Å². The van der Waals surface area contributed by atoms with Crippen LogP contribution in [0.5, 0.6) is 5.75 Å². The molecule has 0 saturated carbocycles. The molecule has 2 aromatic rings. The van der Waals surface area contributed by atoms with Crippen molar-refractivity contribution < 1.29 is 4.74 Å². The quantitative estimate of drug-likeness (QED) is 0.780. The van der Waals surface area contributed by atoms with Crippen molar-refractivity contribution in [2.75, 3.05) is 0 Å². The van der Waals surface area contributed by atoms with Gasteiger partial charge in [0, 0.05) is 17.5 Å². The van der Waals surface area contributed by atoms with Gasteiger partial charge < -0.3 is 4.74 Å². The van der Waals surface area contributed by atoms with Crippen LogP contribution in [0.2, 0.25) is 5.15 Å². The molecule has 106 valence electrons. The standard InChI is InChI=1S/C16H19ClN2O/c1-5-14-18-15(11(4)16(17)19-14)12-8-6-7-9-13(12)20-10(2)3/h6-10H,5H2,1-4H3. The van der Waals surface area contributed by atoms with Gasteiger partial charge in [-0.25, -0.2) is 9.97 Å². The van der Waals surface area contributed by atoms with E-state index in [4.69, 9.17) is 16.3 Å². The Kier molecular flexibility index (Phi) is 4.61. The molecule has 0 spiro atoms. The highest BCUT2D eigenvalue weighted by molar-refractivity contribution is 6.30. The zero-order chi connectivity index (χ0) is 14.7. The number of ether oxygens (including phenoxy) is 1. The molecule has 0 N–H and O–H groups in total. The summed E-state index contributed by atoms with van der Waals surface area (Å²) in [4.78, 5) is 8.90. The summed E-state index contributed by atoms with van der Waals surface area (Å²) >= 11 is 6.21. The monoisotopic (exact) mass is 290 g/mol. The molecule has 20 heavy (non-hydrogen) atoms. The van der Waals surface area contributed by atoms with Crippen LogP contribution in [0.15, 0.2) is 24.3 Å². The first-order valence-corrected chi connectivity index (χ1v) is 7.19. The lowest BCUT2D eigenvalue weighted by Crippen LogP contribution is -2.07. The van der Waals surface area contributed by atoms with Crippen LogP contribution in [0.4, 0.5) is 0 Å². The Labute approximate surface area is 125 Å².